The highest BCUT2D eigenvalue weighted by molar-refractivity contribution is 5.69. The second-order valence-electron chi connectivity index (χ2n) is 4.87. The molecular weight excluding hydrogens is 288 g/mol. The first-order chi connectivity index (χ1) is 10.6. The van der Waals surface area contributed by atoms with E-state index in [0.29, 0.717) is 0 Å². The molecule has 0 radical (unpaired) electrons. The molecule has 1 fully saturated rings. The maximum Gasteiger partial charge on any atom is 0.410 e. The molecule has 1 saturated heterocycles. The number of likely N-dealkylation sites (tertiary alicyclic amines) is 1. The van der Waals surface area contributed by atoms with Crippen LogP contribution in [-0.4, -0.2) is 42.2 Å². The fraction of sp³-hybridized carbons (Fsp3) is 0.429. The third kappa shape index (κ3) is 4.13. The molecule has 1 amide bonds. The first-order valence-electron chi connectivity index (χ1n) is 6.77. The minimum Gasteiger partial charge on any atom is -0.460 e. The van der Waals surface area contributed by atoms with E-state index in [4.69, 9.17) is 15.0 Å². The molecule has 0 saturated carbocycles. The van der Waals surface area contributed by atoms with Crippen LogP contribution in [0.15, 0.2) is 35.4 Å². The van der Waals surface area contributed by atoms with Crippen molar-refractivity contribution in [3.8, 4) is 0 Å². The monoisotopic (exact) mass is 304 g/mol. The summed E-state index contributed by atoms with van der Waals surface area (Å²) in [6.07, 6.45) is -1.17. The molecule has 2 atom stereocenters. The zero-order chi connectivity index (χ0) is 15.9. The number of rotatable bonds is 4. The topological polar surface area (TPSA) is 105 Å². The van der Waals surface area contributed by atoms with Crippen LogP contribution in [0.5, 0.6) is 0 Å². The third-order valence-corrected chi connectivity index (χ3v) is 3.22. The minimum atomic E-state index is -0.641. The van der Waals surface area contributed by atoms with E-state index >= 15 is 0 Å². The Balaban J connectivity index is 1.92. The van der Waals surface area contributed by atoms with Crippen LogP contribution in [0.4, 0.5) is 4.79 Å². The molecule has 22 heavy (non-hydrogen) atoms. The number of esters is 1. The van der Waals surface area contributed by atoms with Gasteiger partial charge in [-0.15, -0.1) is 0 Å². The first-order valence-corrected chi connectivity index (χ1v) is 6.77. The Morgan fingerprint density at radius 3 is 2.73 bits per heavy atom. The number of carbonyl (C=O) groups excluding carboxylic acids is 2. The Morgan fingerprint density at radius 2 is 2.09 bits per heavy atom. The lowest BCUT2D eigenvalue weighted by Crippen LogP contribution is -2.31. The van der Waals surface area contributed by atoms with Crippen LogP contribution in [-0.2, 0) is 20.9 Å². The maximum atomic E-state index is 12.0. The number of benzene rings is 1. The molecule has 8 heteroatoms. The SMILES string of the molecule is CC(=O)O[C@@H]1CN(C(=O)OCc2ccccc2)C[C@@H]1N=[N+]=[N-]. The van der Waals surface area contributed by atoms with Crippen LogP contribution >= 0.6 is 0 Å². The Labute approximate surface area is 127 Å². The van der Waals surface area contributed by atoms with Gasteiger partial charge >= 0.3 is 12.1 Å². The Morgan fingerprint density at radius 1 is 1.36 bits per heavy atom. The van der Waals surface area contributed by atoms with Crippen molar-refractivity contribution >= 4 is 12.1 Å². The Hall–Kier alpha value is -2.73. The van der Waals surface area contributed by atoms with Crippen LogP contribution in [0.25, 0.3) is 10.4 Å². The molecule has 1 aliphatic heterocycles. The number of azide groups is 1. The van der Waals surface area contributed by atoms with Crippen LogP contribution in [0.3, 0.4) is 0 Å². The molecule has 0 aliphatic carbocycles. The van der Waals surface area contributed by atoms with Gasteiger partial charge in [0.05, 0.1) is 12.6 Å². The molecule has 1 aliphatic rings. The zero-order valence-electron chi connectivity index (χ0n) is 12.1. The smallest absolute Gasteiger partial charge is 0.410 e. The summed E-state index contributed by atoms with van der Waals surface area (Å²) in [5, 5.41) is 3.56. The highest BCUT2D eigenvalue weighted by Gasteiger charge is 2.37. The van der Waals surface area contributed by atoms with Gasteiger partial charge in [0.2, 0.25) is 0 Å². The van der Waals surface area contributed by atoms with Gasteiger partial charge in [0.15, 0.2) is 0 Å². The second-order valence-corrected chi connectivity index (χ2v) is 4.87. The van der Waals surface area contributed by atoms with E-state index in [1.807, 2.05) is 30.3 Å². The van der Waals surface area contributed by atoms with Gasteiger partial charge in [0, 0.05) is 18.4 Å². The zero-order valence-corrected chi connectivity index (χ0v) is 12.1. The Kier molecular flexibility index (Phi) is 5.21. The number of nitrogens with zero attached hydrogens (tertiary/aromatic N) is 4. The average molecular weight is 304 g/mol. The fourth-order valence-electron chi connectivity index (χ4n) is 2.22. The van der Waals surface area contributed by atoms with Crippen LogP contribution in [0, 0.1) is 0 Å². The number of carbonyl (C=O) groups is 2. The summed E-state index contributed by atoms with van der Waals surface area (Å²) in [5.74, 6) is -0.484. The molecule has 8 nitrogen and oxygen atoms in total. The number of hydrogen-bond donors (Lipinski definition) is 0. The summed E-state index contributed by atoms with van der Waals surface area (Å²) in [4.78, 5) is 27.2. The van der Waals surface area contributed by atoms with E-state index in [-0.39, 0.29) is 19.7 Å². The molecule has 116 valence electrons. The number of amides is 1. The van der Waals surface area contributed by atoms with Gasteiger partial charge in [0.1, 0.15) is 12.7 Å². The standard InChI is InChI=1S/C14H16N4O4/c1-10(19)22-13-8-18(7-12(13)16-17-15)14(20)21-9-11-5-3-2-4-6-11/h2-6,12-13H,7-9H2,1H3/t12-,13+/m0/s1. The first kappa shape index (κ1) is 15.7. The molecule has 0 unspecified atom stereocenters. The summed E-state index contributed by atoms with van der Waals surface area (Å²) >= 11 is 0. The van der Waals surface area contributed by atoms with Crippen LogP contribution in [0.1, 0.15) is 12.5 Å². The van der Waals surface area contributed by atoms with Crippen molar-refractivity contribution in [2.45, 2.75) is 25.7 Å². The fourth-order valence-corrected chi connectivity index (χ4v) is 2.22. The summed E-state index contributed by atoms with van der Waals surface area (Å²) in [7, 11) is 0. The largest absolute Gasteiger partial charge is 0.460 e. The van der Waals surface area contributed by atoms with Crippen molar-refractivity contribution in [1.29, 1.82) is 0 Å². The average Bonchev–Trinajstić information content (AvgIpc) is 2.88. The molecule has 0 aromatic heterocycles. The van der Waals surface area contributed by atoms with Crippen molar-refractivity contribution < 1.29 is 19.1 Å². The van der Waals surface area contributed by atoms with E-state index < -0.39 is 24.2 Å². The molecule has 1 heterocycles. The Bertz CT molecular complexity index is 586. The summed E-state index contributed by atoms with van der Waals surface area (Å²) in [6.45, 7) is 1.73. The molecule has 1 aromatic rings. The van der Waals surface area contributed by atoms with Gasteiger partial charge < -0.3 is 14.4 Å². The van der Waals surface area contributed by atoms with Crippen LogP contribution in [0.2, 0.25) is 0 Å². The highest BCUT2D eigenvalue weighted by Crippen LogP contribution is 2.18. The van der Waals surface area contributed by atoms with Gasteiger partial charge in [0.25, 0.3) is 0 Å². The molecule has 2 rings (SSSR count). The minimum absolute atomic E-state index is 0.150. The quantitative estimate of drug-likeness (QED) is 0.368. The summed E-state index contributed by atoms with van der Waals surface area (Å²) in [5.41, 5.74) is 9.41. The maximum absolute atomic E-state index is 12.0. The lowest BCUT2D eigenvalue weighted by Gasteiger charge is -2.16. The number of hydrogen-bond acceptors (Lipinski definition) is 5. The summed E-state index contributed by atoms with van der Waals surface area (Å²) in [6, 6.07) is 8.68. The predicted octanol–water partition coefficient (Wildman–Crippen LogP) is 2.25. The van der Waals surface area contributed by atoms with Gasteiger partial charge in [-0.25, -0.2) is 4.79 Å². The van der Waals surface area contributed by atoms with Gasteiger partial charge in [-0.2, -0.15) is 0 Å². The van der Waals surface area contributed by atoms with Crippen molar-refractivity contribution in [2.75, 3.05) is 13.1 Å². The molecule has 0 bridgehead atoms. The van der Waals surface area contributed by atoms with Crippen molar-refractivity contribution in [1.82, 2.24) is 4.90 Å². The van der Waals surface area contributed by atoms with E-state index in [1.165, 1.54) is 11.8 Å². The molecular formula is C14H16N4O4. The van der Waals surface area contributed by atoms with E-state index in [9.17, 15) is 9.59 Å². The van der Waals surface area contributed by atoms with E-state index in [0.717, 1.165) is 5.56 Å². The van der Waals surface area contributed by atoms with Gasteiger partial charge in [-0.3, -0.25) is 4.79 Å². The molecule has 1 aromatic carbocycles. The molecule has 0 spiro atoms. The van der Waals surface area contributed by atoms with Crippen molar-refractivity contribution in [3.63, 3.8) is 0 Å². The normalized spacial score (nSPS) is 20.1. The lowest BCUT2D eigenvalue weighted by molar-refractivity contribution is -0.146. The van der Waals surface area contributed by atoms with Gasteiger partial charge in [-0.1, -0.05) is 35.4 Å². The summed E-state index contributed by atoms with van der Waals surface area (Å²) < 4.78 is 10.3. The highest BCUT2D eigenvalue weighted by atomic mass is 16.6. The van der Waals surface area contributed by atoms with Crippen LogP contribution < -0.4 is 0 Å². The second kappa shape index (κ2) is 7.33. The van der Waals surface area contributed by atoms with Gasteiger partial charge in [-0.05, 0) is 11.1 Å². The van der Waals surface area contributed by atoms with Crippen molar-refractivity contribution in [2.24, 2.45) is 5.11 Å². The predicted molar refractivity (Wildman–Crippen MR) is 76.7 cm³/mol. The number of ether oxygens (including phenoxy) is 2. The third-order valence-electron chi connectivity index (χ3n) is 3.22. The molecule has 0 N–H and O–H groups in total. The van der Waals surface area contributed by atoms with E-state index in [1.54, 1.807) is 0 Å². The lowest BCUT2D eigenvalue weighted by atomic mass is 10.2. The van der Waals surface area contributed by atoms with Crippen molar-refractivity contribution in [3.05, 3.63) is 46.3 Å². The van der Waals surface area contributed by atoms with E-state index in [2.05, 4.69) is 10.0 Å².